The molecule has 37 heavy (non-hydrogen) atoms. The summed E-state index contributed by atoms with van der Waals surface area (Å²) in [6, 6.07) is 10.8. The number of ether oxygens (including phenoxy) is 1. The summed E-state index contributed by atoms with van der Waals surface area (Å²) in [5, 5.41) is 11.6. The molecule has 1 aromatic carbocycles. The monoisotopic (exact) mass is 528 g/mol. The van der Waals surface area contributed by atoms with Gasteiger partial charge < -0.3 is 14.3 Å². The van der Waals surface area contributed by atoms with Crippen LogP contribution in [-0.2, 0) is 20.4 Å². The molecule has 0 aliphatic heterocycles. The topological polar surface area (TPSA) is 68.7 Å². The van der Waals surface area contributed by atoms with Crippen molar-refractivity contribution in [2.24, 2.45) is 5.41 Å². The van der Waals surface area contributed by atoms with Crippen molar-refractivity contribution >= 4 is 25.9 Å². The number of carbonyl (C=O) groups excluding carboxylic acids is 1. The van der Waals surface area contributed by atoms with Gasteiger partial charge in [-0.25, -0.2) is 0 Å². The Hall–Kier alpha value is -1.76. The van der Waals surface area contributed by atoms with Gasteiger partial charge in [-0.05, 0) is 67.8 Å². The molecule has 1 aromatic heterocycles. The van der Waals surface area contributed by atoms with Crippen LogP contribution < -0.4 is 0 Å². The molecule has 1 radical (unpaired) electrons. The smallest absolute Gasteiger partial charge is 0.305 e. The normalized spacial score (nSPS) is 13.7. The van der Waals surface area contributed by atoms with E-state index in [9.17, 15) is 9.90 Å². The summed E-state index contributed by atoms with van der Waals surface area (Å²) < 4.78 is 10.4. The third kappa shape index (κ3) is 12.1. The average molecular weight is 529 g/mol. The zero-order valence-electron chi connectivity index (χ0n) is 24.1. The van der Waals surface area contributed by atoms with Crippen molar-refractivity contribution in [1.29, 1.82) is 0 Å². The Bertz CT molecular complexity index is 940. The highest BCUT2D eigenvalue weighted by molar-refractivity contribution is 6.48. The maximum Gasteiger partial charge on any atom is 0.305 e. The number of aromatic nitrogens is 1. The summed E-state index contributed by atoms with van der Waals surface area (Å²) in [6.07, 6.45) is 10.3. The van der Waals surface area contributed by atoms with Crippen molar-refractivity contribution < 1.29 is 19.1 Å². The first kappa shape index (κ1) is 31.5. The van der Waals surface area contributed by atoms with Gasteiger partial charge in [-0.15, -0.1) is 0 Å². The van der Waals surface area contributed by atoms with E-state index in [0.717, 1.165) is 23.2 Å². The Morgan fingerprint density at radius 3 is 2.32 bits per heavy atom. The molecule has 2 rings (SSSR count). The highest BCUT2D eigenvalue weighted by Crippen LogP contribution is 2.40. The first-order valence-corrected chi connectivity index (χ1v) is 16.6. The largest absolute Gasteiger partial charge is 0.469 e. The maximum absolute atomic E-state index is 11.3. The minimum atomic E-state index is -0.543. The molecule has 207 valence electrons. The lowest BCUT2D eigenvalue weighted by atomic mass is 9.73. The summed E-state index contributed by atoms with van der Waals surface area (Å²) in [4.78, 5) is 16.2. The van der Waals surface area contributed by atoms with Gasteiger partial charge in [0.15, 0.2) is 0 Å². The molecule has 0 fully saturated rings. The quantitative estimate of drug-likeness (QED) is 0.130. The van der Waals surface area contributed by atoms with Crippen LogP contribution in [0, 0.1) is 5.41 Å². The molecule has 0 saturated carbocycles. The van der Waals surface area contributed by atoms with Crippen LogP contribution in [-0.4, -0.2) is 44.9 Å². The fraction of sp³-hybridized carbons (Fsp3) is 0.677. The van der Waals surface area contributed by atoms with Crippen LogP contribution in [0.25, 0.3) is 10.9 Å². The van der Waals surface area contributed by atoms with E-state index in [2.05, 4.69) is 62.9 Å². The summed E-state index contributed by atoms with van der Waals surface area (Å²) in [5.41, 5.74) is 3.43. The van der Waals surface area contributed by atoms with E-state index >= 15 is 0 Å². The molecular formula is C31H50NO4Si. The van der Waals surface area contributed by atoms with Crippen molar-refractivity contribution in [1.82, 2.24) is 4.98 Å². The van der Waals surface area contributed by atoms with Gasteiger partial charge in [0.25, 0.3) is 0 Å². The molecular weight excluding hydrogens is 478 g/mol. The number of hydrogen-bond acceptors (Lipinski definition) is 5. The Balaban J connectivity index is 1.93. The van der Waals surface area contributed by atoms with Crippen molar-refractivity contribution in [2.75, 3.05) is 13.7 Å². The first-order chi connectivity index (χ1) is 17.6. The van der Waals surface area contributed by atoms with Gasteiger partial charge in [-0.2, -0.15) is 0 Å². The fourth-order valence-corrected chi connectivity index (χ4v) is 5.52. The van der Waals surface area contributed by atoms with E-state index in [4.69, 9.17) is 9.41 Å². The molecule has 5 nitrogen and oxygen atoms in total. The zero-order valence-corrected chi connectivity index (χ0v) is 25.1. The molecule has 0 aliphatic carbocycles. The molecule has 0 spiro atoms. The molecule has 0 saturated heterocycles. The minimum absolute atomic E-state index is 0.179. The third-order valence-corrected chi connectivity index (χ3v) is 7.87. The summed E-state index contributed by atoms with van der Waals surface area (Å²) >= 11 is 0. The van der Waals surface area contributed by atoms with E-state index in [1.54, 1.807) is 0 Å². The number of nitrogens with zero attached hydrogens (tertiary/aromatic N) is 1. The maximum atomic E-state index is 11.3. The van der Waals surface area contributed by atoms with E-state index in [1.807, 2.05) is 6.07 Å². The average Bonchev–Trinajstić information content (AvgIpc) is 2.83. The number of benzene rings is 1. The van der Waals surface area contributed by atoms with Gasteiger partial charge >= 0.3 is 5.97 Å². The summed E-state index contributed by atoms with van der Waals surface area (Å²) in [7, 11) is 0.850. The lowest BCUT2D eigenvalue weighted by molar-refractivity contribution is -0.140. The molecule has 0 amide bonds. The summed E-state index contributed by atoms with van der Waals surface area (Å²) in [6.45, 7) is 12.3. The molecule has 6 heteroatoms. The second-order valence-electron chi connectivity index (χ2n) is 11.7. The van der Waals surface area contributed by atoms with Crippen LogP contribution in [0.2, 0.25) is 13.1 Å². The van der Waals surface area contributed by atoms with E-state index < -0.39 is 15.1 Å². The minimum Gasteiger partial charge on any atom is -0.469 e. The number of hydrogen-bond donors (Lipinski definition) is 1. The van der Waals surface area contributed by atoms with Crippen LogP contribution >= 0.6 is 0 Å². The van der Waals surface area contributed by atoms with Crippen molar-refractivity contribution in [3.8, 4) is 0 Å². The van der Waals surface area contributed by atoms with Crippen LogP contribution in [0.4, 0.5) is 0 Å². The summed E-state index contributed by atoms with van der Waals surface area (Å²) in [5.74, 6) is 0.249. The number of esters is 1. The zero-order chi connectivity index (χ0) is 27.3. The number of methoxy groups -OCH3 is 1. The molecule has 1 heterocycles. The molecule has 2 atom stereocenters. The van der Waals surface area contributed by atoms with E-state index in [-0.39, 0.29) is 11.4 Å². The SMILES string of the molecule is COC(=O)CCCC(O)Cc1ccc2ccc(C(CCCCCCCCO[Si](C)C)C(C)(C)C)cc2n1. The predicted octanol–water partition coefficient (Wildman–Crippen LogP) is 7.61. The Morgan fingerprint density at radius 1 is 0.973 bits per heavy atom. The Kier molecular flexibility index (Phi) is 13.8. The first-order valence-electron chi connectivity index (χ1n) is 14.2. The van der Waals surface area contributed by atoms with Crippen molar-refractivity contribution in [3.63, 3.8) is 0 Å². The van der Waals surface area contributed by atoms with E-state index in [1.165, 1.54) is 57.6 Å². The van der Waals surface area contributed by atoms with Gasteiger partial charge in [0.1, 0.15) is 0 Å². The molecule has 1 N–H and O–H groups in total. The van der Waals surface area contributed by atoms with Gasteiger partial charge in [0.2, 0.25) is 9.04 Å². The van der Waals surface area contributed by atoms with Crippen LogP contribution in [0.3, 0.4) is 0 Å². The molecule has 2 unspecified atom stereocenters. The molecule has 2 aromatic rings. The molecule has 0 bridgehead atoms. The molecule has 0 aliphatic rings. The standard InChI is InChI=1S/C31H50NO4Si/c1-31(2,3)28(15-11-9-7-8-10-12-21-36-37(5)6)25-18-17-24-19-20-26(32-29(24)22-25)23-27(33)14-13-16-30(34)35-4/h17-20,22,27-28,33H,7-16,21,23H2,1-6H3. The number of aliphatic hydroxyl groups excluding tert-OH is 1. The van der Waals surface area contributed by atoms with Crippen LogP contribution in [0.5, 0.6) is 0 Å². The van der Waals surface area contributed by atoms with Gasteiger partial charge in [-0.1, -0.05) is 71.1 Å². The van der Waals surface area contributed by atoms with Crippen LogP contribution in [0.1, 0.15) is 102 Å². The van der Waals surface area contributed by atoms with Gasteiger partial charge in [0.05, 0.1) is 18.7 Å². The fourth-order valence-electron chi connectivity index (χ4n) is 4.97. The number of carbonyl (C=O) groups is 1. The van der Waals surface area contributed by atoms with Crippen LogP contribution in [0.15, 0.2) is 30.3 Å². The number of rotatable bonds is 17. The van der Waals surface area contributed by atoms with Gasteiger partial charge in [0, 0.05) is 30.5 Å². The Morgan fingerprint density at radius 2 is 1.65 bits per heavy atom. The lowest BCUT2D eigenvalue weighted by Crippen LogP contribution is -2.18. The third-order valence-electron chi connectivity index (χ3n) is 7.09. The number of unbranched alkanes of at least 4 members (excludes halogenated alkanes) is 5. The Labute approximate surface area is 227 Å². The second kappa shape index (κ2) is 16.3. The van der Waals surface area contributed by atoms with Gasteiger partial charge in [-0.3, -0.25) is 9.78 Å². The number of pyridine rings is 1. The highest BCUT2D eigenvalue weighted by atomic mass is 28.3. The van der Waals surface area contributed by atoms with Crippen molar-refractivity contribution in [3.05, 3.63) is 41.6 Å². The van der Waals surface area contributed by atoms with E-state index in [0.29, 0.717) is 31.6 Å². The second-order valence-corrected chi connectivity index (χ2v) is 13.8. The number of fused-ring (bicyclic) bond motifs is 1. The highest BCUT2D eigenvalue weighted by Gasteiger charge is 2.26. The number of aliphatic hydroxyl groups is 1. The lowest BCUT2D eigenvalue weighted by Gasteiger charge is -2.31. The van der Waals surface area contributed by atoms with Crippen molar-refractivity contribution in [2.45, 2.75) is 117 Å². The predicted molar refractivity (Wildman–Crippen MR) is 155 cm³/mol.